The molecule has 4 unspecified atom stereocenters. The van der Waals surface area contributed by atoms with E-state index in [1.54, 1.807) is 16.7 Å². The average Bonchev–Trinajstić information content (AvgIpc) is 3.62. The number of hydrogen-bond acceptors (Lipinski definition) is 8. The Morgan fingerprint density at radius 2 is 1.77 bits per heavy atom. The number of anilines is 1. The zero-order chi connectivity index (χ0) is 31.0. The lowest BCUT2D eigenvalue weighted by molar-refractivity contribution is -0.144. The summed E-state index contributed by atoms with van der Waals surface area (Å²) in [5, 5.41) is 22.8. The molecule has 2 aromatic rings. The van der Waals surface area contributed by atoms with E-state index in [9.17, 15) is 14.7 Å². The summed E-state index contributed by atoms with van der Waals surface area (Å²) < 4.78 is 7.28. The molecule has 2 aliphatic carbocycles. The van der Waals surface area contributed by atoms with Gasteiger partial charge in [-0.1, -0.05) is 51.0 Å². The van der Waals surface area contributed by atoms with E-state index >= 15 is 0 Å². The average molecular weight is 608 g/mol. The largest absolute Gasteiger partial charge is 0.495 e. The van der Waals surface area contributed by atoms with Gasteiger partial charge in [0, 0.05) is 63.3 Å². The van der Waals surface area contributed by atoms with Crippen LogP contribution in [-0.4, -0.2) is 106 Å². The van der Waals surface area contributed by atoms with E-state index in [-0.39, 0.29) is 36.9 Å². The molecule has 2 aliphatic heterocycles. The van der Waals surface area contributed by atoms with Crippen LogP contribution in [0.15, 0.2) is 30.5 Å². The van der Waals surface area contributed by atoms with E-state index in [4.69, 9.17) is 4.74 Å². The van der Waals surface area contributed by atoms with Crippen molar-refractivity contribution in [2.45, 2.75) is 102 Å². The molecule has 11 heteroatoms. The van der Waals surface area contributed by atoms with Gasteiger partial charge in [0.25, 0.3) is 0 Å². The van der Waals surface area contributed by atoms with Gasteiger partial charge in [-0.3, -0.25) is 14.5 Å². The van der Waals surface area contributed by atoms with Gasteiger partial charge in [0.15, 0.2) is 0 Å². The van der Waals surface area contributed by atoms with Crippen LogP contribution in [-0.2, 0) is 9.59 Å². The van der Waals surface area contributed by atoms with Crippen molar-refractivity contribution in [1.29, 1.82) is 0 Å². The van der Waals surface area contributed by atoms with Crippen LogP contribution >= 0.6 is 0 Å². The van der Waals surface area contributed by atoms with Crippen molar-refractivity contribution >= 4 is 17.5 Å². The summed E-state index contributed by atoms with van der Waals surface area (Å²) in [5.74, 6) is 0.972. The van der Waals surface area contributed by atoms with Crippen LogP contribution in [0.1, 0.15) is 83.4 Å². The fraction of sp³-hybridized carbons (Fsp3) is 0.697. The minimum atomic E-state index is -0.738. The van der Waals surface area contributed by atoms with Gasteiger partial charge >= 0.3 is 0 Å². The molecule has 1 aromatic carbocycles. The van der Waals surface area contributed by atoms with Crippen LogP contribution in [0, 0.1) is 5.41 Å². The number of rotatable bonds is 8. The maximum atomic E-state index is 14.2. The number of nitrogens with one attached hydrogen (secondary N) is 1. The Morgan fingerprint density at radius 1 is 1.05 bits per heavy atom. The summed E-state index contributed by atoms with van der Waals surface area (Å²) >= 11 is 0. The number of nitrogens with zero attached hydrogens (tertiary/aromatic N) is 6. The first kappa shape index (κ1) is 30.8. The number of hydrogen-bond donors (Lipinski definition) is 2. The third-order valence-electron chi connectivity index (χ3n) is 9.97. The third kappa shape index (κ3) is 6.44. The van der Waals surface area contributed by atoms with Crippen LogP contribution in [0.5, 0.6) is 5.75 Å². The predicted octanol–water partition coefficient (Wildman–Crippen LogP) is 2.96. The van der Waals surface area contributed by atoms with E-state index in [1.807, 2.05) is 45.2 Å². The SMILES string of the molecule is COc1ccccc1N1CCN(C2CCCCC2NC(=O)C2CC(O)CN2C(=O)[C@@H](n2cc(C3CC3)nn2)C(C)(C)C)CC1. The second-order valence-electron chi connectivity index (χ2n) is 14.2. The van der Waals surface area contributed by atoms with Gasteiger partial charge in [-0.05, 0) is 43.2 Å². The van der Waals surface area contributed by atoms with Gasteiger partial charge in [-0.25, -0.2) is 4.68 Å². The van der Waals surface area contributed by atoms with Crippen LogP contribution < -0.4 is 15.0 Å². The van der Waals surface area contributed by atoms with Crippen molar-refractivity contribution in [3.63, 3.8) is 0 Å². The first-order chi connectivity index (χ1) is 21.1. The molecule has 240 valence electrons. The fourth-order valence-electron chi connectivity index (χ4n) is 7.51. The number of piperazine rings is 1. The normalized spacial score (nSPS) is 27.3. The number of amides is 2. The number of aliphatic hydroxyl groups is 1. The minimum Gasteiger partial charge on any atom is -0.495 e. The number of β-amino-alcohol motifs (C(OH)–C–C–N with tert-alkyl or cyclic N) is 1. The summed E-state index contributed by atoms with van der Waals surface area (Å²) in [4.78, 5) is 34.6. The van der Waals surface area contributed by atoms with Gasteiger partial charge < -0.3 is 25.0 Å². The van der Waals surface area contributed by atoms with E-state index < -0.39 is 23.6 Å². The van der Waals surface area contributed by atoms with Crippen molar-refractivity contribution in [2.24, 2.45) is 5.41 Å². The van der Waals surface area contributed by atoms with Crippen molar-refractivity contribution in [3.05, 3.63) is 36.2 Å². The molecule has 0 spiro atoms. The molecule has 2 saturated carbocycles. The Labute approximate surface area is 260 Å². The standard InChI is InChI=1S/C33H49N7O4/c1-33(2,3)30(40-21-25(35-36-40)22-13-14-22)32(43)39-20-23(41)19-28(39)31(42)34-24-9-5-6-10-26(24)37-15-17-38(18-16-37)27-11-7-8-12-29(27)44-4/h7-8,11-12,21-24,26,28,30,41H,5-6,9-10,13-20H2,1-4H3,(H,34,42)/t23?,24?,26?,28?,30-/m1/s1. The van der Waals surface area contributed by atoms with Gasteiger partial charge in [0.1, 0.15) is 17.8 Å². The molecule has 2 amide bonds. The summed E-state index contributed by atoms with van der Waals surface area (Å²) in [6, 6.07) is 7.09. The Balaban J connectivity index is 1.13. The highest BCUT2D eigenvalue weighted by molar-refractivity contribution is 5.90. The molecule has 4 aliphatic rings. The van der Waals surface area contributed by atoms with Crippen molar-refractivity contribution in [1.82, 2.24) is 30.1 Å². The molecule has 2 saturated heterocycles. The molecule has 44 heavy (non-hydrogen) atoms. The second kappa shape index (κ2) is 12.7. The highest BCUT2D eigenvalue weighted by atomic mass is 16.5. The molecule has 0 bridgehead atoms. The summed E-state index contributed by atoms with van der Waals surface area (Å²) in [6.45, 7) is 9.79. The maximum absolute atomic E-state index is 14.2. The van der Waals surface area contributed by atoms with Crippen LogP contribution in [0.25, 0.3) is 0 Å². The molecule has 6 rings (SSSR count). The van der Waals surface area contributed by atoms with Gasteiger partial charge in [0.05, 0.1) is 24.6 Å². The number of aliphatic hydroxyl groups excluding tert-OH is 1. The lowest BCUT2D eigenvalue weighted by Gasteiger charge is -2.45. The lowest BCUT2D eigenvalue weighted by Crippen LogP contribution is -2.60. The number of likely N-dealkylation sites (tertiary alicyclic amines) is 1. The molecule has 0 radical (unpaired) electrons. The summed E-state index contributed by atoms with van der Waals surface area (Å²) in [6.07, 6.45) is 7.78. The van der Waals surface area contributed by atoms with Crippen molar-refractivity contribution in [3.8, 4) is 5.75 Å². The molecule has 4 fully saturated rings. The molecule has 1 aromatic heterocycles. The highest BCUT2D eigenvalue weighted by Gasteiger charge is 2.46. The zero-order valence-corrected chi connectivity index (χ0v) is 26.7. The van der Waals surface area contributed by atoms with Crippen LogP contribution in [0.3, 0.4) is 0 Å². The third-order valence-corrected chi connectivity index (χ3v) is 9.97. The first-order valence-corrected chi connectivity index (χ1v) is 16.5. The number of carbonyl (C=O) groups is 2. The number of aromatic nitrogens is 3. The summed E-state index contributed by atoms with van der Waals surface area (Å²) in [7, 11) is 1.71. The molecule has 5 atom stereocenters. The zero-order valence-electron chi connectivity index (χ0n) is 26.7. The maximum Gasteiger partial charge on any atom is 0.248 e. The first-order valence-electron chi connectivity index (χ1n) is 16.5. The smallest absolute Gasteiger partial charge is 0.248 e. The quantitative estimate of drug-likeness (QED) is 0.471. The number of carbonyl (C=O) groups excluding carboxylic acids is 2. The van der Waals surface area contributed by atoms with Crippen LogP contribution in [0.4, 0.5) is 5.69 Å². The molecular formula is C33H49N7O4. The van der Waals surface area contributed by atoms with E-state index in [1.165, 1.54) is 0 Å². The Kier molecular flexibility index (Phi) is 8.88. The Bertz CT molecular complexity index is 1310. The van der Waals surface area contributed by atoms with E-state index in [2.05, 4.69) is 31.5 Å². The van der Waals surface area contributed by atoms with Crippen molar-refractivity contribution < 1.29 is 19.4 Å². The molecule has 2 N–H and O–H groups in total. The monoisotopic (exact) mass is 607 g/mol. The minimum absolute atomic E-state index is 0.0126. The molecule has 3 heterocycles. The topological polar surface area (TPSA) is 116 Å². The number of ether oxygens (including phenoxy) is 1. The van der Waals surface area contributed by atoms with Crippen LogP contribution in [0.2, 0.25) is 0 Å². The number of methoxy groups -OCH3 is 1. The highest BCUT2D eigenvalue weighted by Crippen LogP contribution is 2.40. The number of benzene rings is 1. The second-order valence-corrected chi connectivity index (χ2v) is 14.2. The van der Waals surface area contributed by atoms with E-state index in [0.29, 0.717) is 5.92 Å². The Morgan fingerprint density at radius 3 is 2.48 bits per heavy atom. The van der Waals surface area contributed by atoms with Gasteiger partial charge in [-0.2, -0.15) is 0 Å². The van der Waals surface area contributed by atoms with Gasteiger partial charge in [0.2, 0.25) is 11.8 Å². The van der Waals surface area contributed by atoms with Gasteiger partial charge in [-0.15, -0.1) is 5.10 Å². The van der Waals surface area contributed by atoms with Crippen molar-refractivity contribution in [2.75, 3.05) is 44.7 Å². The molecule has 11 nitrogen and oxygen atoms in total. The van der Waals surface area contributed by atoms with E-state index in [0.717, 1.165) is 81.8 Å². The summed E-state index contributed by atoms with van der Waals surface area (Å²) in [5.41, 5.74) is 1.59. The Hall–Kier alpha value is -3.18. The lowest BCUT2D eigenvalue weighted by atomic mass is 9.85. The number of para-hydroxylation sites is 2. The fourth-order valence-corrected chi connectivity index (χ4v) is 7.51. The predicted molar refractivity (Wildman–Crippen MR) is 168 cm³/mol. The molecular weight excluding hydrogens is 558 g/mol.